The van der Waals surface area contributed by atoms with Gasteiger partial charge in [0.05, 0.1) is 12.7 Å². The molecule has 2 atom stereocenters. The minimum atomic E-state index is -0.00711. The van der Waals surface area contributed by atoms with Gasteiger partial charge in [-0.2, -0.15) is 0 Å². The molecule has 0 bridgehead atoms. The molecule has 1 aromatic heterocycles. The molecule has 1 aromatic rings. The Hall–Kier alpha value is -1.47. The summed E-state index contributed by atoms with van der Waals surface area (Å²) in [4.78, 5) is 17.0. The lowest BCUT2D eigenvalue weighted by Crippen LogP contribution is -2.56. The maximum absolute atomic E-state index is 12.6. The highest BCUT2D eigenvalue weighted by Crippen LogP contribution is 2.25. The molecule has 7 nitrogen and oxygen atoms in total. The van der Waals surface area contributed by atoms with Crippen LogP contribution >= 0.6 is 0 Å². The number of aromatic nitrogens is 3. The molecule has 2 aliphatic heterocycles. The molecule has 0 aromatic carbocycles. The zero-order chi connectivity index (χ0) is 14.1. The van der Waals surface area contributed by atoms with Crippen molar-refractivity contribution in [1.82, 2.24) is 24.8 Å². The molecule has 1 amide bonds. The smallest absolute Gasteiger partial charge is 0.276 e. The summed E-state index contributed by atoms with van der Waals surface area (Å²) in [5, 5.41) is 7.92. The first-order valence-corrected chi connectivity index (χ1v) is 7.34. The molecule has 0 spiro atoms. The SMILES string of the molecule is CC1CN2CCCC2CN1C(=O)c1cn(CCN)nn1. The van der Waals surface area contributed by atoms with Gasteiger partial charge in [0.25, 0.3) is 5.91 Å². The Morgan fingerprint density at radius 2 is 2.35 bits per heavy atom. The average Bonchev–Trinajstić information content (AvgIpc) is 3.06. The minimum Gasteiger partial charge on any atom is -0.332 e. The van der Waals surface area contributed by atoms with E-state index in [1.54, 1.807) is 10.9 Å². The van der Waals surface area contributed by atoms with E-state index in [9.17, 15) is 4.79 Å². The van der Waals surface area contributed by atoms with Crippen LogP contribution in [0.1, 0.15) is 30.3 Å². The first-order valence-electron chi connectivity index (χ1n) is 7.34. The predicted molar refractivity (Wildman–Crippen MR) is 74.2 cm³/mol. The molecule has 2 N–H and O–H groups in total. The van der Waals surface area contributed by atoms with Crippen LogP contribution < -0.4 is 5.73 Å². The number of nitrogens with two attached hydrogens (primary N) is 1. The molecule has 2 saturated heterocycles. The lowest BCUT2D eigenvalue weighted by molar-refractivity contribution is 0.0390. The second-order valence-corrected chi connectivity index (χ2v) is 5.75. The van der Waals surface area contributed by atoms with Crippen LogP contribution in [0.15, 0.2) is 6.20 Å². The normalized spacial score (nSPS) is 26.8. The van der Waals surface area contributed by atoms with Crippen molar-refractivity contribution >= 4 is 5.91 Å². The third-order valence-electron chi connectivity index (χ3n) is 4.31. The summed E-state index contributed by atoms with van der Waals surface area (Å²) in [7, 11) is 0. The Balaban J connectivity index is 1.72. The van der Waals surface area contributed by atoms with Crippen LogP contribution in [0.3, 0.4) is 0 Å². The lowest BCUT2D eigenvalue weighted by atomic mass is 10.1. The van der Waals surface area contributed by atoms with E-state index in [1.807, 2.05) is 4.90 Å². The molecule has 3 rings (SSSR count). The van der Waals surface area contributed by atoms with Gasteiger partial charge in [0, 0.05) is 31.7 Å². The molecule has 2 unspecified atom stereocenters. The zero-order valence-corrected chi connectivity index (χ0v) is 11.9. The van der Waals surface area contributed by atoms with Gasteiger partial charge in [0.1, 0.15) is 0 Å². The molecular formula is C13H22N6O. The van der Waals surface area contributed by atoms with E-state index in [0.29, 0.717) is 24.8 Å². The summed E-state index contributed by atoms with van der Waals surface area (Å²) in [6, 6.07) is 0.755. The summed E-state index contributed by atoms with van der Waals surface area (Å²) in [6.07, 6.45) is 4.13. The van der Waals surface area contributed by atoms with Gasteiger partial charge in [-0.05, 0) is 26.3 Å². The highest BCUT2D eigenvalue weighted by Gasteiger charge is 2.37. The molecular weight excluding hydrogens is 256 g/mol. The Morgan fingerprint density at radius 3 is 3.15 bits per heavy atom. The van der Waals surface area contributed by atoms with Crippen LogP contribution in [0.25, 0.3) is 0 Å². The summed E-state index contributed by atoms with van der Waals surface area (Å²) in [5.74, 6) is -0.00711. The van der Waals surface area contributed by atoms with Gasteiger partial charge in [-0.15, -0.1) is 5.10 Å². The van der Waals surface area contributed by atoms with E-state index in [2.05, 4.69) is 22.1 Å². The Bertz CT molecular complexity index is 487. The van der Waals surface area contributed by atoms with Gasteiger partial charge in [0.2, 0.25) is 0 Å². The van der Waals surface area contributed by atoms with Crippen molar-refractivity contribution in [1.29, 1.82) is 0 Å². The summed E-state index contributed by atoms with van der Waals surface area (Å²) < 4.78 is 1.63. The lowest BCUT2D eigenvalue weighted by Gasteiger charge is -2.41. The fourth-order valence-electron chi connectivity index (χ4n) is 3.26. The van der Waals surface area contributed by atoms with Crippen molar-refractivity contribution in [3.8, 4) is 0 Å². The molecule has 0 aliphatic carbocycles. The van der Waals surface area contributed by atoms with E-state index in [4.69, 9.17) is 5.73 Å². The van der Waals surface area contributed by atoms with E-state index < -0.39 is 0 Å². The minimum absolute atomic E-state index is 0.00711. The van der Waals surface area contributed by atoms with Gasteiger partial charge in [-0.1, -0.05) is 5.21 Å². The average molecular weight is 278 g/mol. The highest BCUT2D eigenvalue weighted by atomic mass is 16.2. The van der Waals surface area contributed by atoms with Gasteiger partial charge >= 0.3 is 0 Å². The van der Waals surface area contributed by atoms with Crippen LogP contribution in [0.2, 0.25) is 0 Å². The van der Waals surface area contributed by atoms with Crippen molar-refractivity contribution < 1.29 is 4.79 Å². The predicted octanol–water partition coefficient (Wildman–Crippen LogP) is -0.454. The van der Waals surface area contributed by atoms with Gasteiger partial charge in [-0.25, -0.2) is 0 Å². The van der Waals surface area contributed by atoms with Crippen LogP contribution in [-0.4, -0.2) is 69.0 Å². The Kier molecular flexibility index (Phi) is 3.71. The number of nitrogens with zero attached hydrogens (tertiary/aromatic N) is 5. The van der Waals surface area contributed by atoms with Gasteiger partial charge in [0.15, 0.2) is 5.69 Å². The van der Waals surface area contributed by atoms with Crippen LogP contribution in [-0.2, 0) is 6.54 Å². The number of carbonyl (C=O) groups excluding carboxylic acids is 1. The van der Waals surface area contributed by atoms with E-state index in [1.165, 1.54) is 19.4 Å². The Labute approximate surface area is 118 Å². The van der Waals surface area contributed by atoms with E-state index >= 15 is 0 Å². The first-order chi connectivity index (χ1) is 9.69. The molecule has 110 valence electrons. The van der Waals surface area contributed by atoms with Crippen molar-refractivity contribution in [2.45, 2.75) is 38.4 Å². The van der Waals surface area contributed by atoms with Crippen LogP contribution in [0.5, 0.6) is 0 Å². The molecule has 3 heterocycles. The summed E-state index contributed by atoms with van der Waals surface area (Å²) in [5.41, 5.74) is 5.91. The standard InChI is InChI=1S/C13H22N6O/c1-10-7-17-5-2-3-11(17)8-19(10)13(20)12-9-18(6-4-14)16-15-12/h9-11H,2-8,14H2,1H3. The van der Waals surface area contributed by atoms with Crippen molar-refractivity contribution in [2.24, 2.45) is 5.73 Å². The number of amides is 1. The topological polar surface area (TPSA) is 80.3 Å². The third kappa shape index (κ3) is 2.43. The highest BCUT2D eigenvalue weighted by molar-refractivity contribution is 5.92. The zero-order valence-electron chi connectivity index (χ0n) is 11.9. The molecule has 0 radical (unpaired) electrons. The van der Waals surface area contributed by atoms with Gasteiger partial charge < -0.3 is 10.6 Å². The number of hydrogen-bond acceptors (Lipinski definition) is 5. The monoisotopic (exact) mass is 278 g/mol. The number of fused-ring (bicyclic) bond motifs is 1. The fraction of sp³-hybridized carbons (Fsp3) is 0.769. The van der Waals surface area contributed by atoms with Crippen LogP contribution in [0, 0.1) is 0 Å². The van der Waals surface area contributed by atoms with Crippen molar-refractivity contribution in [3.63, 3.8) is 0 Å². The summed E-state index contributed by atoms with van der Waals surface area (Å²) >= 11 is 0. The number of hydrogen-bond donors (Lipinski definition) is 1. The maximum Gasteiger partial charge on any atom is 0.276 e. The molecule has 7 heteroatoms. The molecule has 2 aliphatic rings. The van der Waals surface area contributed by atoms with E-state index in [0.717, 1.165) is 13.1 Å². The molecule has 2 fully saturated rings. The molecule has 20 heavy (non-hydrogen) atoms. The maximum atomic E-state index is 12.6. The largest absolute Gasteiger partial charge is 0.332 e. The van der Waals surface area contributed by atoms with Crippen LogP contribution in [0.4, 0.5) is 0 Å². The quantitative estimate of drug-likeness (QED) is 0.809. The van der Waals surface area contributed by atoms with Crippen molar-refractivity contribution in [2.75, 3.05) is 26.2 Å². The second-order valence-electron chi connectivity index (χ2n) is 5.75. The van der Waals surface area contributed by atoms with Crippen molar-refractivity contribution in [3.05, 3.63) is 11.9 Å². The summed E-state index contributed by atoms with van der Waals surface area (Å²) in [6.45, 7) is 6.14. The number of piperazine rings is 1. The Morgan fingerprint density at radius 1 is 1.50 bits per heavy atom. The third-order valence-corrected chi connectivity index (χ3v) is 4.31. The fourth-order valence-corrected chi connectivity index (χ4v) is 3.26. The van der Waals surface area contributed by atoms with E-state index in [-0.39, 0.29) is 11.9 Å². The number of rotatable bonds is 3. The van der Waals surface area contributed by atoms with Gasteiger partial charge in [-0.3, -0.25) is 14.4 Å². The molecule has 0 saturated carbocycles. The first kappa shape index (κ1) is 13.5. The second kappa shape index (κ2) is 5.49. The number of carbonyl (C=O) groups is 1.